The van der Waals surface area contributed by atoms with Crippen LogP contribution in [0.3, 0.4) is 0 Å². The fraction of sp³-hybridized carbons (Fsp3) is 0.333. The van der Waals surface area contributed by atoms with E-state index < -0.39 is 0 Å². The lowest BCUT2D eigenvalue weighted by Gasteiger charge is -2.29. The number of H-pyrrole nitrogens is 1. The van der Waals surface area contributed by atoms with E-state index in [9.17, 15) is 9.59 Å². The molecule has 0 bridgehead atoms. The first kappa shape index (κ1) is 16.7. The van der Waals surface area contributed by atoms with Crippen LogP contribution in [0.4, 0.5) is 0 Å². The van der Waals surface area contributed by atoms with E-state index >= 15 is 0 Å². The number of hydrogen-bond acceptors (Lipinski definition) is 5. The van der Waals surface area contributed by atoms with E-state index in [-0.39, 0.29) is 23.6 Å². The molecule has 1 aliphatic rings. The first-order chi connectivity index (χ1) is 12.1. The van der Waals surface area contributed by atoms with Crippen molar-refractivity contribution in [1.82, 2.24) is 15.3 Å². The van der Waals surface area contributed by atoms with Gasteiger partial charge in [0.25, 0.3) is 5.91 Å². The van der Waals surface area contributed by atoms with Crippen LogP contribution in [0.25, 0.3) is 0 Å². The number of aromatic amines is 1. The molecule has 0 saturated heterocycles. The average molecular weight is 338 g/mol. The lowest BCUT2D eigenvalue weighted by atomic mass is 9.92. The third-order valence-electron chi connectivity index (χ3n) is 4.20. The number of rotatable bonds is 4. The summed E-state index contributed by atoms with van der Waals surface area (Å²) in [5.74, 6) is 0.277. The Morgan fingerprint density at radius 2 is 2.08 bits per heavy atom. The van der Waals surface area contributed by atoms with Gasteiger partial charge in [0.1, 0.15) is 12.2 Å². The summed E-state index contributed by atoms with van der Waals surface area (Å²) in [7, 11) is 0. The maximum absolute atomic E-state index is 12.2. The topological polar surface area (TPSA) is 108 Å². The highest BCUT2D eigenvalue weighted by Gasteiger charge is 2.24. The summed E-state index contributed by atoms with van der Waals surface area (Å²) in [4.78, 5) is 30.0. The van der Waals surface area contributed by atoms with Crippen molar-refractivity contribution in [2.75, 3.05) is 0 Å². The molecule has 1 saturated carbocycles. The molecule has 3 rings (SSSR count). The van der Waals surface area contributed by atoms with Gasteiger partial charge in [0, 0.05) is 36.1 Å². The maximum Gasteiger partial charge on any atom is 0.251 e. The Morgan fingerprint density at radius 3 is 2.72 bits per heavy atom. The fourth-order valence-electron chi connectivity index (χ4n) is 2.87. The third kappa shape index (κ3) is 4.44. The van der Waals surface area contributed by atoms with Crippen LogP contribution in [0.15, 0.2) is 41.5 Å². The molecule has 1 aliphatic carbocycles. The van der Waals surface area contributed by atoms with Crippen LogP contribution in [0, 0.1) is 11.3 Å². The quantitative estimate of drug-likeness (QED) is 0.883. The van der Waals surface area contributed by atoms with Gasteiger partial charge in [0.2, 0.25) is 11.4 Å². The van der Waals surface area contributed by atoms with E-state index in [0.717, 1.165) is 25.7 Å². The minimum absolute atomic E-state index is 0.0492. The van der Waals surface area contributed by atoms with E-state index in [1.165, 1.54) is 18.5 Å². The van der Waals surface area contributed by atoms with Crippen molar-refractivity contribution in [3.05, 3.63) is 58.1 Å². The Morgan fingerprint density at radius 1 is 1.28 bits per heavy atom. The Hall–Kier alpha value is -3.14. The molecule has 2 aromatic heterocycles. The molecule has 2 heterocycles. The highest BCUT2D eigenvalue weighted by atomic mass is 16.5. The lowest BCUT2D eigenvalue weighted by Crippen LogP contribution is -2.40. The minimum Gasteiger partial charge on any atom is -0.474 e. The number of nitrogens with zero attached hydrogens (tertiary/aromatic N) is 2. The summed E-state index contributed by atoms with van der Waals surface area (Å²) < 4.78 is 5.83. The molecule has 1 fully saturated rings. The molecule has 25 heavy (non-hydrogen) atoms. The normalized spacial score (nSPS) is 19.6. The van der Waals surface area contributed by atoms with Crippen LogP contribution in [0.1, 0.15) is 41.6 Å². The molecule has 0 aromatic carbocycles. The molecule has 7 nitrogen and oxygen atoms in total. The second-order valence-corrected chi connectivity index (χ2v) is 6.00. The van der Waals surface area contributed by atoms with E-state index in [1.807, 2.05) is 6.07 Å². The number of hydrogen-bond donors (Lipinski definition) is 2. The minimum atomic E-state index is -0.292. The smallest absolute Gasteiger partial charge is 0.251 e. The van der Waals surface area contributed by atoms with Gasteiger partial charge in [-0.15, -0.1) is 0 Å². The summed E-state index contributed by atoms with van der Waals surface area (Å²) in [5, 5.41) is 11.7. The zero-order valence-corrected chi connectivity index (χ0v) is 13.6. The molecular formula is C18H18N4O3. The molecule has 2 aromatic rings. The van der Waals surface area contributed by atoms with Crippen molar-refractivity contribution in [1.29, 1.82) is 5.26 Å². The third-order valence-corrected chi connectivity index (χ3v) is 4.20. The van der Waals surface area contributed by atoms with Crippen molar-refractivity contribution in [3.63, 3.8) is 0 Å². The zero-order chi connectivity index (χ0) is 17.6. The van der Waals surface area contributed by atoms with Crippen molar-refractivity contribution >= 4 is 5.91 Å². The van der Waals surface area contributed by atoms with Crippen LogP contribution < -0.4 is 15.6 Å². The van der Waals surface area contributed by atoms with Crippen LogP contribution in [-0.4, -0.2) is 28.0 Å². The average Bonchev–Trinajstić information content (AvgIpc) is 2.64. The Balaban J connectivity index is 1.49. The first-order valence-corrected chi connectivity index (χ1v) is 8.16. The van der Waals surface area contributed by atoms with Gasteiger partial charge in [-0.05, 0) is 37.8 Å². The zero-order valence-electron chi connectivity index (χ0n) is 13.6. The molecule has 0 atom stereocenters. The Labute approximate surface area is 144 Å². The fourth-order valence-corrected chi connectivity index (χ4v) is 2.87. The number of carbonyl (C=O) groups is 1. The largest absolute Gasteiger partial charge is 0.474 e. The summed E-state index contributed by atoms with van der Waals surface area (Å²) in [6.07, 6.45) is 6.22. The van der Waals surface area contributed by atoms with Gasteiger partial charge in [-0.3, -0.25) is 9.59 Å². The monoisotopic (exact) mass is 338 g/mol. The predicted octanol–water partition coefficient (Wildman–Crippen LogP) is 1.76. The van der Waals surface area contributed by atoms with Crippen molar-refractivity contribution in [3.8, 4) is 11.9 Å². The standard InChI is InChI=1S/C18H18N4O3/c19-10-12-1-6-17(21-11-12)25-15-4-2-14(3-5-15)22-18(24)13-7-8-20-16(23)9-13/h1,6-9,11,14-15H,2-5H2,(H,20,23)(H,22,24). The molecule has 128 valence electrons. The number of aromatic nitrogens is 2. The second-order valence-electron chi connectivity index (χ2n) is 6.00. The number of amides is 1. The number of ether oxygens (including phenoxy) is 1. The molecule has 0 unspecified atom stereocenters. The summed E-state index contributed by atoms with van der Waals surface area (Å²) in [5.41, 5.74) is 0.571. The number of nitriles is 1. The molecule has 0 aliphatic heterocycles. The summed E-state index contributed by atoms with van der Waals surface area (Å²) in [6.45, 7) is 0. The van der Waals surface area contributed by atoms with Crippen LogP contribution in [-0.2, 0) is 0 Å². The SMILES string of the molecule is N#Cc1ccc(OC2CCC(NC(=O)c3cc[nH]c(=O)c3)CC2)nc1. The van der Waals surface area contributed by atoms with Gasteiger partial charge in [0.05, 0.1) is 5.56 Å². The predicted molar refractivity (Wildman–Crippen MR) is 90.2 cm³/mol. The van der Waals surface area contributed by atoms with Gasteiger partial charge in [-0.2, -0.15) is 5.26 Å². The molecular weight excluding hydrogens is 320 g/mol. The van der Waals surface area contributed by atoms with Crippen LogP contribution in [0.5, 0.6) is 5.88 Å². The highest BCUT2D eigenvalue weighted by molar-refractivity contribution is 5.94. The van der Waals surface area contributed by atoms with Gasteiger partial charge in [-0.25, -0.2) is 4.98 Å². The van der Waals surface area contributed by atoms with Crippen molar-refractivity contribution in [2.24, 2.45) is 0 Å². The van der Waals surface area contributed by atoms with E-state index in [4.69, 9.17) is 10.00 Å². The van der Waals surface area contributed by atoms with E-state index in [0.29, 0.717) is 17.0 Å². The van der Waals surface area contributed by atoms with Crippen molar-refractivity contribution < 1.29 is 9.53 Å². The molecule has 2 N–H and O–H groups in total. The summed E-state index contributed by atoms with van der Waals surface area (Å²) in [6, 6.07) is 8.34. The number of carbonyl (C=O) groups excluding carboxylic acids is 1. The molecule has 0 radical (unpaired) electrons. The van der Waals surface area contributed by atoms with E-state index in [2.05, 4.69) is 15.3 Å². The molecule has 0 spiro atoms. The van der Waals surface area contributed by atoms with Gasteiger partial charge >= 0.3 is 0 Å². The van der Waals surface area contributed by atoms with Gasteiger partial charge in [-0.1, -0.05) is 0 Å². The first-order valence-electron chi connectivity index (χ1n) is 8.16. The maximum atomic E-state index is 12.2. The van der Waals surface area contributed by atoms with Crippen molar-refractivity contribution in [2.45, 2.75) is 37.8 Å². The molecule has 7 heteroatoms. The van der Waals surface area contributed by atoms with Gasteiger partial charge < -0.3 is 15.0 Å². The number of pyridine rings is 2. The summed E-state index contributed by atoms with van der Waals surface area (Å²) >= 11 is 0. The van der Waals surface area contributed by atoms with E-state index in [1.54, 1.807) is 18.2 Å². The van der Waals surface area contributed by atoms with Gasteiger partial charge in [0.15, 0.2) is 0 Å². The van der Waals surface area contributed by atoms with Crippen LogP contribution in [0.2, 0.25) is 0 Å². The highest BCUT2D eigenvalue weighted by Crippen LogP contribution is 2.23. The van der Waals surface area contributed by atoms with Crippen LogP contribution >= 0.6 is 0 Å². The Bertz CT molecular complexity index is 830. The number of nitrogens with one attached hydrogen (secondary N) is 2. The second kappa shape index (κ2) is 7.62. The lowest BCUT2D eigenvalue weighted by molar-refractivity contribution is 0.0890. The Kier molecular flexibility index (Phi) is 5.09. The molecule has 1 amide bonds.